The van der Waals surface area contributed by atoms with Gasteiger partial charge in [0.25, 0.3) is 0 Å². The smallest absolute Gasteiger partial charge is 0.211 e. The fourth-order valence-corrected chi connectivity index (χ4v) is 4.02. The first-order valence-corrected chi connectivity index (χ1v) is 9.52. The van der Waals surface area contributed by atoms with Gasteiger partial charge in [0, 0.05) is 34.1 Å². The van der Waals surface area contributed by atoms with E-state index in [2.05, 4.69) is 9.71 Å². The van der Waals surface area contributed by atoms with E-state index in [1.165, 1.54) is 0 Å². The molecule has 6 heteroatoms. The maximum absolute atomic E-state index is 12.0. The minimum absolute atomic E-state index is 0.184. The van der Waals surface area contributed by atoms with E-state index in [4.69, 9.17) is 11.6 Å². The predicted octanol–water partition coefficient (Wildman–Crippen LogP) is 3.82. The summed E-state index contributed by atoms with van der Waals surface area (Å²) in [6, 6.07) is 5.70. The monoisotopic (exact) mass is 342 g/mol. The number of hydrogen-bond donors (Lipinski definition) is 2. The van der Waals surface area contributed by atoms with Gasteiger partial charge in [-0.1, -0.05) is 44.9 Å². The third kappa shape index (κ3) is 4.03. The minimum Gasteiger partial charge on any atom is -0.361 e. The van der Waals surface area contributed by atoms with E-state index in [-0.39, 0.29) is 11.2 Å². The lowest BCUT2D eigenvalue weighted by molar-refractivity contribution is 0.504. The van der Waals surface area contributed by atoms with Gasteiger partial charge in [0.15, 0.2) is 0 Å². The number of fused-ring (bicyclic) bond motifs is 1. The molecule has 4 nitrogen and oxygen atoms in total. The Bertz CT molecular complexity index is 751. The first-order chi connectivity index (χ1) is 10.2. The number of aromatic nitrogens is 1. The summed E-state index contributed by atoms with van der Waals surface area (Å²) in [6.45, 7) is 6.42. The lowest BCUT2D eigenvalue weighted by atomic mass is 9.85. The van der Waals surface area contributed by atoms with Gasteiger partial charge >= 0.3 is 0 Å². The Hall–Kier alpha value is -1.04. The Kier molecular flexibility index (Phi) is 5.20. The Morgan fingerprint density at radius 3 is 2.73 bits per heavy atom. The number of benzene rings is 1. The van der Waals surface area contributed by atoms with Crippen LogP contribution in [0.4, 0.5) is 0 Å². The first kappa shape index (κ1) is 17.3. The molecular weight excluding hydrogens is 320 g/mol. The van der Waals surface area contributed by atoms with Crippen molar-refractivity contribution in [2.75, 3.05) is 12.3 Å². The van der Waals surface area contributed by atoms with Gasteiger partial charge < -0.3 is 4.98 Å². The van der Waals surface area contributed by atoms with Crippen LogP contribution in [0.25, 0.3) is 10.9 Å². The molecule has 1 heterocycles. The lowest BCUT2D eigenvalue weighted by Gasteiger charge is -2.25. The van der Waals surface area contributed by atoms with Crippen molar-refractivity contribution in [2.24, 2.45) is 0 Å². The summed E-state index contributed by atoms with van der Waals surface area (Å²) in [5, 5.41) is 1.75. The highest BCUT2D eigenvalue weighted by atomic mass is 35.5. The molecule has 0 amide bonds. The van der Waals surface area contributed by atoms with Gasteiger partial charge in [-0.3, -0.25) is 0 Å². The summed E-state index contributed by atoms with van der Waals surface area (Å²) in [7, 11) is -3.21. The van der Waals surface area contributed by atoms with Gasteiger partial charge in [0.1, 0.15) is 0 Å². The Balaban J connectivity index is 2.18. The van der Waals surface area contributed by atoms with Crippen LogP contribution in [-0.4, -0.2) is 25.7 Å². The van der Waals surface area contributed by atoms with E-state index < -0.39 is 10.0 Å². The molecular formula is C16H23ClN2O2S. The van der Waals surface area contributed by atoms with Crippen LogP contribution in [0.1, 0.15) is 39.2 Å². The van der Waals surface area contributed by atoms with Crippen LogP contribution in [-0.2, 0) is 15.4 Å². The Morgan fingerprint density at radius 1 is 1.32 bits per heavy atom. The van der Waals surface area contributed by atoms with Crippen molar-refractivity contribution in [2.45, 2.75) is 39.0 Å². The molecule has 0 saturated heterocycles. The molecule has 22 heavy (non-hydrogen) atoms. The molecule has 0 saturated carbocycles. The molecule has 2 aromatic rings. The van der Waals surface area contributed by atoms with Crippen molar-refractivity contribution >= 4 is 32.5 Å². The number of aromatic amines is 1. The highest BCUT2D eigenvalue weighted by molar-refractivity contribution is 7.89. The quantitative estimate of drug-likeness (QED) is 0.803. The fourth-order valence-electron chi connectivity index (χ4n) is 2.45. The summed E-state index contributed by atoms with van der Waals surface area (Å²) in [5.41, 5.74) is 1.73. The number of nitrogens with one attached hydrogen (secondary N) is 2. The molecule has 0 bridgehead atoms. The van der Waals surface area contributed by atoms with Gasteiger partial charge in [-0.15, -0.1) is 0 Å². The zero-order valence-electron chi connectivity index (χ0n) is 13.2. The number of H-pyrrole nitrogens is 1. The van der Waals surface area contributed by atoms with Crippen LogP contribution in [0.2, 0.25) is 5.02 Å². The van der Waals surface area contributed by atoms with E-state index in [1.807, 2.05) is 45.2 Å². The van der Waals surface area contributed by atoms with Gasteiger partial charge in [-0.05, 0) is 24.1 Å². The Morgan fingerprint density at radius 2 is 2.05 bits per heavy atom. The molecule has 0 aliphatic carbocycles. The number of rotatable bonds is 7. The summed E-state index contributed by atoms with van der Waals surface area (Å²) in [5.74, 6) is 0.184. The molecule has 1 aromatic carbocycles. The van der Waals surface area contributed by atoms with Gasteiger partial charge in [-0.2, -0.15) is 0 Å². The van der Waals surface area contributed by atoms with E-state index >= 15 is 0 Å². The topological polar surface area (TPSA) is 62.0 Å². The van der Waals surface area contributed by atoms with Crippen LogP contribution < -0.4 is 4.72 Å². The zero-order chi connectivity index (χ0) is 16.4. The summed E-state index contributed by atoms with van der Waals surface area (Å²) in [6.07, 6.45) is 3.48. The second-order valence-electron chi connectivity index (χ2n) is 6.27. The van der Waals surface area contributed by atoms with Crippen LogP contribution in [0, 0.1) is 0 Å². The number of sulfonamides is 1. The summed E-state index contributed by atoms with van der Waals surface area (Å²) < 4.78 is 26.7. The normalized spacial score (nSPS) is 12.9. The number of hydrogen-bond acceptors (Lipinski definition) is 2. The zero-order valence-corrected chi connectivity index (χ0v) is 14.8. The maximum Gasteiger partial charge on any atom is 0.211 e. The van der Waals surface area contributed by atoms with Crippen LogP contribution >= 0.6 is 11.6 Å². The maximum atomic E-state index is 12.0. The van der Waals surface area contributed by atoms with Crippen molar-refractivity contribution < 1.29 is 8.42 Å². The van der Waals surface area contributed by atoms with Crippen molar-refractivity contribution in [3.63, 3.8) is 0 Å². The van der Waals surface area contributed by atoms with Crippen molar-refractivity contribution in [3.05, 3.63) is 35.0 Å². The molecule has 0 aliphatic heterocycles. The SMILES string of the molecule is CCCCS(=O)(=O)NCC(C)(C)c1c[nH]c2cc(Cl)ccc12. The third-order valence-corrected chi connectivity index (χ3v) is 5.52. The highest BCUT2D eigenvalue weighted by Gasteiger charge is 2.26. The van der Waals surface area contributed by atoms with Gasteiger partial charge in [-0.25, -0.2) is 13.1 Å². The van der Waals surface area contributed by atoms with E-state index in [0.717, 1.165) is 22.9 Å². The van der Waals surface area contributed by atoms with Crippen LogP contribution in [0.5, 0.6) is 0 Å². The fraction of sp³-hybridized carbons (Fsp3) is 0.500. The van der Waals surface area contributed by atoms with Crippen molar-refractivity contribution in [3.8, 4) is 0 Å². The molecule has 122 valence electrons. The largest absolute Gasteiger partial charge is 0.361 e. The van der Waals surface area contributed by atoms with Crippen molar-refractivity contribution in [1.29, 1.82) is 0 Å². The number of unbranched alkanes of at least 4 members (excludes halogenated alkanes) is 1. The van der Waals surface area contributed by atoms with E-state index in [0.29, 0.717) is 18.0 Å². The predicted molar refractivity (Wildman–Crippen MR) is 93.0 cm³/mol. The average molecular weight is 343 g/mol. The van der Waals surface area contributed by atoms with Gasteiger partial charge in [0.2, 0.25) is 10.0 Å². The molecule has 1 aromatic heterocycles. The molecule has 0 unspecified atom stereocenters. The molecule has 0 fully saturated rings. The molecule has 0 aliphatic rings. The highest BCUT2D eigenvalue weighted by Crippen LogP contribution is 2.31. The minimum atomic E-state index is -3.21. The Labute approximate surface area is 137 Å². The molecule has 0 spiro atoms. The standard InChI is InChI=1S/C16H23ClN2O2S/c1-4-5-8-22(20,21)19-11-16(2,3)14-10-18-15-9-12(17)6-7-13(14)15/h6-7,9-10,18-19H,4-5,8,11H2,1-3H3. The first-order valence-electron chi connectivity index (χ1n) is 7.49. The molecule has 2 N–H and O–H groups in total. The van der Waals surface area contributed by atoms with Crippen LogP contribution in [0.3, 0.4) is 0 Å². The van der Waals surface area contributed by atoms with E-state index in [1.54, 1.807) is 0 Å². The summed E-state index contributed by atoms with van der Waals surface area (Å²) >= 11 is 6.00. The second-order valence-corrected chi connectivity index (χ2v) is 8.63. The summed E-state index contributed by atoms with van der Waals surface area (Å²) in [4.78, 5) is 3.20. The van der Waals surface area contributed by atoms with Gasteiger partial charge in [0.05, 0.1) is 5.75 Å². The second kappa shape index (κ2) is 6.60. The van der Waals surface area contributed by atoms with E-state index in [9.17, 15) is 8.42 Å². The molecule has 0 radical (unpaired) electrons. The average Bonchev–Trinajstić information content (AvgIpc) is 2.87. The van der Waals surface area contributed by atoms with Crippen LogP contribution in [0.15, 0.2) is 24.4 Å². The number of halogens is 1. The third-order valence-electron chi connectivity index (χ3n) is 3.87. The molecule has 0 atom stereocenters. The lowest BCUT2D eigenvalue weighted by Crippen LogP contribution is -2.37. The molecule has 2 rings (SSSR count). The van der Waals surface area contributed by atoms with Crippen molar-refractivity contribution in [1.82, 2.24) is 9.71 Å².